The van der Waals surface area contributed by atoms with Gasteiger partial charge in [-0.05, 0) is 55.2 Å². The van der Waals surface area contributed by atoms with Gasteiger partial charge < -0.3 is 9.80 Å². The van der Waals surface area contributed by atoms with Crippen LogP contribution in [0.15, 0.2) is 41.4 Å². The van der Waals surface area contributed by atoms with Crippen LogP contribution in [0.2, 0.25) is 0 Å². The number of piperidine rings is 1. The zero-order valence-corrected chi connectivity index (χ0v) is 16.0. The van der Waals surface area contributed by atoms with E-state index in [1.54, 1.807) is 36.3 Å². The first-order valence-corrected chi connectivity index (χ1v) is 10.6. The molecular weight excluding hydrogens is 364 g/mol. The highest BCUT2D eigenvalue weighted by Gasteiger charge is 2.26. The van der Waals surface area contributed by atoms with Crippen molar-refractivity contribution in [2.75, 3.05) is 34.7 Å². The number of fused-ring (bicyclic) bond motifs is 1. The number of nitrogens with one attached hydrogen (secondary N) is 1. The monoisotopic (exact) mass is 386 g/mol. The fraction of sp³-hybridized carbons (Fsp3) is 0.368. The number of sulfonamides is 1. The smallest absolute Gasteiger partial charge is 0.261 e. The number of benzene rings is 1. The van der Waals surface area contributed by atoms with E-state index in [2.05, 4.69) is 14.6 Å². The van der Waals surface area contributed by atoms with Crippen molar-refractivity contribution in [2.24, 2.45) is 0 Å². The lowest BCUT2D eigenvalue weighted by molar-refractivity contribution is -0.117. The van der Waals surface area contributed by atoms with E-state index >= 15 is 0 Å². The fourth-order valence-electron chi connectivity index (χ4n) is 3.58. The normalized spacial score (nSPS) is 17.1. The van der Waals surface area contributed by atoms with Crippen LogP contribution in [0.25, 0.3) is 0 Å². The number of anilines is 3. The minimum atomic E-state index is -3.74. The minimum Gasteiger partial charge on any atom is -0.357 e. The molecule has 1 saturated heterocycles. The predicted octanol–water partition coefficient (Wildman–Crippen LogP) is 2.39. The number of carbonyl (C=O) groups excluding carboxylic acids is 1. The molecule has 7 nitrogen and oxygen atoms in total. The summed E-state index contributed by atoms with van der Waals surface area (Å²) >= 11 is 0. The molecule has 8 heteroatoms. The van der Waals surface area contributed by atoms with Crippen molar-refractivity contribution in [2.45, 2.75) is 30.6 Å². The first-order chi connectivity index (χ1) is 12.9. The molecule has 4 rings (SSSR count). The third-order valence-electron chi connectivity index (χ3n) is 5.12. The lowest BCUT2D eigenvalue weighted by Gasteiger charge is -2.27. The van der Waals surface area contributed by atoms with Crippen LogP contribution in [0.5, 0.6) is 0 Å². The number of hydrogen-bond acceptors (Lipinski definition) is 5. The summed E-state index contributed by atoms with van der Waals surface area (Å²) in [6.07, 6.45) is 5.34. The van der Waals surface area contributed by atoms with Gasteiger partial charge in [0.15, 0.2) is 0 Å². The van der Waals surface area contributed by atoms with Gasteiger partial charge in [0.2, 0.25) is 5.91 Å². The second kappa shape index (κ2) is 6.84. The van der Waals surface area contributed by atoms with E-state index in [9.17, 15) is 13.2 Å². The Balaban J connectivity index is 1.52. The molecule has 0 saturated carbocycles. The molecule has 2 aromatic rings. The van der Waals surface area contributed by atoms with Crippen LogP contribution in [0.1, 0.15) is 24.8 Å². The van der Waals surface area contributed by atoms with Crippen LogP contribution in [-0.2, 0) is 21.2 Å². The number of rotatable bonds is 4. The van der Waals surface area contributed by atoms with Crippen molar-refractivity contribution in [3.8, 4) is 0 Å². The summed E-state index contributed by atoms with van der Waals surface area (Å²) in [6.45, 7) is 1.97. The molecule has 2 aliphatic heterocycles. The summed E-state index contributed by atoms with van der Waals surface area (Å²) in [7, 11) is -2.05. The van der Waals surface area contributed by atoms with E-state index in [0.29, 0.717) is 5.69 Å². The molecule has 3 heterocycles. The van der Waals surface area contributed by atoms with Gasteiger partial charge in [0, 0.05) is 25.8 Å². The molecule has 0 atom stereocenters. The quantitative estimate of drug-likeness (QED) is 0.872. The zero-order chi connectivity index (χ0) is 19.0. The maximum Gasteiger partial charge on any atom is 0.261 e. The second-order valence-corrected chi connectivity index (χ2v) is 8.66. The van der Waals surface area contributed by atoms with Gasteiger partial charge in [-0.3, -0.25) is 9.52 Å². The number of likely N-dealkylation sites (N-methyl/N-ethyl adjacent to an activating group) is 1. The van der Waals surface area contributed by atoms with Crippen LogP contribution < -0.4 is 14.5 Å². The van der Waals surface area contributed by atoms with E-state index < -0.39 is 10.0 Å². The molecule has 1 amide bonds. The van der Waals surface area contributed by atoms with Crippen molar-refractivity contribution in [3.05, 3.63) is 42.1 Å². The van der Waals surface area contributed by atoms with Crippen LogP contribution in [0, 0.1) is 0 Å². The SMILES string of the molecule is CN1C(=O)Cc2cc(S(=O)(=O)Nc3ccc(N4CCCCC4)nc3)ccc21. The molecule has 1 N–H and O–H groups in total. The number of nitrogens with zero attached hydrogens (tertiary/aromatic N) is 3. The third-order valence-corrected chi connectivity index (χ3v) is 6.50. The van der Waals surface area contributed by atoms with E-state index in [0.717, 1.165) is 43.0 Å². The van der Waals surface area contributed by atoms with E-state index in [1.165, 1.54) is 12.5 Å². The van der Waals surface area contributed by atoms with E-state index in [4.69, 9.17) is 0 Å². The van der Waals surface area contributed by atoms with Gasteiger partial charge in [-0.2, -0.15) is 0 Å². The Morgan fingerprint density at radius 1 is 1.07 bits per heavy atom. The molecule has 142 valence electrons. The number of carbonyl (C=O) groups is 1. The first-order valence-electron chi connectivity index (χ1n) is 9.07. The Kier molecular flexibility index (Phi) is 4.51. The van der Waals surface area contributed by atoms with Gasteiger partial charge in [0.1, 0.15) is 5.82 Å². The topological polar surface area (TPSA) is 82.6 Å². The van der Waals surface area contributed by atoms with Crippen molar-refractivity contribution in [1.82, 2.24) is 4.98 Å². The van der Waals surface area contributed by atoms with Crippen molar-refractivity contribution in [3.63, 3.8) is 0 Å². The minimum absolute atomic E-state index is 0.0370. The van der Waals surface area contributed by atoms with Gasteiger partial charge in [-0.1, -0.05) is 0 Å². The summed E-state index contributed by atoms with van der Waals surface area (Å²) in [5.41, 5.74) is 1.90. The largest absolute Gasteiger partial charge is 0.357 e. The van der Waals surface area contributed by atoms with Crippen LogP contribution in [0.4, 0.5) is 17.2 Å². The third kappa shape index (κ3) is 3.49. The van der Waals surface area contributed by atoms with Crippen molar-refractivity contribution >= 4 is 33.1 Å². The Labute approximate surface area is 159 Å². The molecule has 1 fully saturated rings. The highest BCUT2D eigenvalue weighted by atomic mass is 32.2. The van der Waals surface area contributed by atoms with Gasteiger partial charge in [0.25, 0.3) is 10.0 Å². The van der Waals surface area contributed by atoms with Gasteiger partial charge in [-0.15, -0.1) is 0 Å². The number of pyridine rings is 1. The molecule has 0 bridgehead atoms. The lowest BCUT2D eigenvalue weighted by atomic mass is 10.1. The molecule has 0 spiro atoms. The lowest BCUT2D eigenvalue weighted by Crippen LogP contribution is -2.30. The summed E-state index contributed by atoms with van der Waals surface area (Å²) in [5, 5.41) is 0. The number of aromatic nitrogens is 1. The molecule has 27 heavy (non-hydrogen) atoms. The highest BCUT2D eigenvalue weighted by molar-refractivity contribution is 7.92. The average molecular weight is 386 g/mol. The Hall–Kier alpha value is -2.61. The number of hydrogen-bond donors (Lipinski definition) is 1. The molecular formula is C19H22N4O3S. The van der Waals surface area contributed by atoms with Crippen molar-refractivity contribution < 1.29 is 13.2 Å². The molecule has 1 aromatic heterocycles. The maximum atomic E-state index is 12.7. The fourth-order valence-corrected chi connectivity index (χ4v) is 4.68. The molecule has 0 unspecified atom stereocenters. The van der Waals surface area contributed by atoms with Crippen molar-refractivity contribution in [1.29, 1.82) is 0 Å². The summed E-state index contributed by atoms with van der Waals surface area (Å²) in [5.74, 6) is 0.835. The molecule has 1 aromatic carbocycles. The summed E-state index contributed by atoms with van der Waals surface area (Å²) in [4.78, 5) is 20.1. The second-order valence-electron chi connectivity index (χ2n) is 6.98. The van der Waals surface area contributed by atoms with Crippen LogP contribution in [0.3, 0.4) is 0 Å². The Bertz CT molecular complexity index is 967. The number of amides is 1. The zero-order valence-electron chi connectivity index (χ0n) is 15.2. The van der Waals surface area contributed by atoms with Gasteiger partial charge >= 0.3 is 0 Å². The van der Waals surface area contributed by atoms with Gasteiger partial charge in [-0.25, -0.2) is 13.4 Å². The van der Waals surface area contributed by atoms with Gasteiger partial charge in [0.05, 0.1) is 23.2 Å². The summed E-state index contributed by atoms with van der Waals surface area (Å²) < 4.78 is 28.0. The standard InChI is InChI=1S/C19H22N4O3S/c1-22-17-7-6-16(11-14(17)12-19(22)24)27(25,26)21-15-5-8-18(20-13-15)23-9-3-2-4-10-23/h5-8,11,13,21H,2-4,9-10,12H2,1H3. The molecule has 2 aliphatic rings. The highest BCUT2D eigenvalue weighted by Crippen LogP contribution is 2.30. The maximum absolute atomic E-state index is 12.7. The van der Waals surface area contributed by atoms with E-state index in [1.807, 2.05) is 6.07 Å². The average Bonchev–Trinajstić information content (AvgIpc) is 2.96. The Morgan fingerprint density at radius 3 is 2.56 bits per heavy atom. The summed E-state index contributed by atoms with van der Waals surface area (Å²) in [6, 6.07) is 8.34. The molecule has 0 aliphatic carbocycles. The van der Waals surface area contributed by atoms with Crippen LogP contribution >= 0.6 is 0 Å². The molecule has 0 radical (unpaired) electrons. The van der Waals surface area contributed by atoms with Crippen LogP contribution in [-0.4, -0.2) is 39.4 Å². The van der Waals surface area contributed by atoms with E-state index in [-0.39, 0.29) is 17.2 Å². The predicted molar refractivity (Wildman–Crippen MR) is 105 cm³/mol. The Morgan fingerprint density at radius 2 is 1.85 bits per heavy atom. The first kappa shape index (κ1) is 17.8.